The summed E-state index contributed by atoms with van der Waals surface area (Å²) in [6.07, 6.45) is 1.35. The standard InChI is InChI=1S/C15H13NO5/c1-20-15(19)11-4-2-10(3-5-11)9-21-12-6-7-13(14(17)18)16-8-12/h2-8H,9H2,1H3,(H,17,18). The molecule has 0 bridgehead atoms. The number of rotatable bonds is 5. The second-order valence-corrected chi connectivity index (χ2v) is 4.16. The molecule has 21 heavy (non-hydrogen) atoms. The van der Waals surface area contributed by atoms with E-state index >= 15 is 0 Å². The number of pyridine rings is 1. The average Bonchev–Trinajstić information content (AvgIpc) is 2.53. The van der Waals surface area contributed by atoms with Crippen molar-refractivity contribution in [3.8, 4) is 5.75 Å². The van der Waals surface area contributed by atoms with Gasteiger partial charge in [0.25, 0.3) is 0 Å². The van der Waals surface area contributed by atoms with Crippen molar-refractivity contribution >= 4 is 11.9 Å². The molecule has 1 aromatic carbocycles. The van der Waals surface area contributed by atoms with E-state index in [4.69, 9.17) is 9.84 Å². The van der Waals surface area contributed by atoms with Crippen molar-refractivity contribution in [3.63, 3.8) is 0 Å². The van der Waals surface area contributed by atoms with Crippen LogP contribution in [0.15, 0.2) is 42.6 Å². The summed E-state index contributed by atoms with van der Waals surface area (Å²) < 4.78 is 10.1. The summed E-state index contributed by atoms with van der Waals surface area (Å²) in [4.78, 5) is 25.7. The summed E-state index contributed by atoms with van der Waals surface area (Å²) in [7, 11) is 1.33. The number of hydrogen-bond donors (Lipinski definition) is 1. The van der Waals surface area contributed by atoms with Crippen LogP contribution in [0, 0.1) is 0 Å². The summed E-state index contributed by atoms with van der Waals surface area (Å²) >= 11 is 0. The number of carboxylic acids is 1. The molecule has 6 nitrogen and oxygen atoms in total. The number of ether oxygens (including phenoxy) is 2. The van der Waals surface area contributed by atoms with Gasteiger partial charge in [-0.25, -0.2) is 14.6 Å². The molecule has 0 radical (unpaired) electrons. The summed E-state index contributed by atoms with van der Waals surface area (Å²) in [5, 5.41) is 8.73. The van der Waals surface area contributed by atoms with Gasteiger partial charge in [0.05, 0.1) is 18.9 Å². The number of carboxylic acid groups (broad SMARTS) is 1. The maximum Gasteiger partial charge on any atom is 0.354 e. The molecular formula is C15H13NO5. The molecule has 0 saturated carbocycles. The van der Waals surface area contributed by atoms with Crippen LogP contribution in [0.5, 0.6) is 5.75 Å². The number of methoxy groups -OCH3 is 1. The lowest BCUT2D eigenvalue weighted by Gasteiger charge is -2.06. The van der Waals surface area contributed by atoms with Crippen molar-refractivity contribution in [2.45, 2.75) is 6.61 Å². The zero-order valence-electron chi connectivity index (χ0n) is 11.3. The molecule has 0 aliphatic rings. The third-order valence-electron chi connectivity index (χ3n) is 2.74. The first-order valence-electron chi connectivity index (χ1n) is 6.09. The van der Waals surface area contributed by atoms with Gasteiger partial charge in [-0.2, -0.15) is 0 Å². The quantitative estimate of drug-likeness (QED) is 0.848. The number of nitrogens with zero attached hydrogens (tertiary/aromatic N) is 1. The van der Waals surface area contributed by atoms with Crippen LogP contribution in [0.1, 0.15) is 26.4 Å². The first-order chi connectivity index (χ1) is 10.1. The van der Waals surface area contributed by atoms with E-state index in [1.54, 1.807) is 30.3 Å². The van der Waals surface area contributed by atoms with Crippen molar-refractivity contribution in [1.82, 2.24) is 4.98 Å². The van der Waals surface area contributed by atoms with Gasteiger partial charge in [0.1, 0.15) is 18.1 Å². The number of benzene rings is 1. The molecule has 108 valence electrons. The van der Waals surface area contributed by atoms with E-state index in [9.17, 15) is 9.59 Å². The van der Waals surface area contributed by atoms with E-state index in [0.29, 0.717) is 11.3 Å². The number of carbonyl (C=O) groups excluding carboxylic acids is 1. The molecule has 0 saturated heterocycles. The van der Waals surface area contributed by atoms with Crippen LogP contribution in [0.3, 0.4) is 0 Å². The van der Waals surface area contributed by atoms with Crippen LogP contribution in [0.2, 0.25) is 0 Å². The Morgan fingerprint density at radius 2 is 1.86 bits per heavy atom. The van der Waals surface area contributed by atoms with E-state index in [1.165, 1.54) is 19.4 Å². The lowest BCUT2D eigenvalue weighted by atomic mass is 10.1. The van der Waals surface area contributed by atoms with Crippen LogP contribution < -0.4 is 4.74 Å². The number of hydrogen-bond acceptors (Lipinski definition) is 5. The fourth-order valence-corrected chi connectivity index (χ4v) is 1.61. The maximum absolute atomic E-state index is 11.3. The van der Waals surface area contributed by atoms with Gasteiger partial charge in [-0.1, -0.05) is 12.1 Å². The molecule has 0 aliphatic heterocycles. The molecule has 0 spiro atoms. The van der Waals surface area contributed by atoms with E-state index in [1.807, 2.05) is 0 Å². The van der Waals surface area contributed by atoms with Crippen molar-refractivity contribution < 1.29 is 24.2 Å². The van der Waals surface area contributed by atoms with Crippen LogP contribution in [0.4, 0.5) is 0 Å². The molecule has 0 aliphatic carbocycles. The molecule has 2 rings (SSSR count). The number of aromatic nitrogens is 1. The topological polar surface area (TPSA) is 85.7 Å². The van der Waals surface area contributed by atoms with Gasteiger partial charge < -0.3 is 14.6 Å². The van der Waals surface area contributed by atoms with Gasteiger partial charge in [0.15, 0.2) is 0 Å². The SMILES string of the molecule is COC(=O)c1ccc(COc2ccc(C(=O)O)nc2)cc1. The van der Waals surface area contributed by atoms with Crippen LogP contribution in [0.25, 0.3) is 0 Å². The van der Waals surface area contributed by atoms with Crippen LogP contribution in [-0.2, 0) is 11.3 Å². The fraction of sp³-hybridized carbons (Fsp3) is 0.133. The molecule has 1 aromatic heterocycles. The Morgan fingerprint density at radius 1 is 1.14 bits per heavy atom. The highest BCUT2D eigenvalue weighted by atomic mass is 16.5. The Balaban J connectivity index is 1.96. The van der Waals surface area contributed by atoms with Gasteiger partial charge in [0.2, 0.25) is 0 Å². The number of esters is 1. The molecular weight excluding hydrogens is 274 g/mol. The minimum absolute atomic E-state index is 0.0372. The highest BCUT2D eigenvalue weighted by molar-refractivity contribution is 5.89. The van der Waals surface area contributed by atoms with E-state index in [0.717, 1.165) is 5.56 Å². The molecule has 2 aromatic rings. The normalized spacial score (nSPS) is 9.95. The third-order valence-corrected chi connectivity index (χ3v) is 2.74. The van der Waals surface area contributed by atoms with Crippen molar-refractivity contribution in [2.75, 3.05) is 7.11 Å². The molecule has 6 heteroatoms. The Bertz CT molecular complexity index is 634. The second kappa shape index (κ2) is 6.51. The summed E-state index contributed by atoms with van der Waals surface area (Å²) in [6.45, 7) is 0.287. The first kappa shape index (κ1) is 14.5. The van der Waals surface area contributed by atoms with Gasteiger partial charge in [0, 0.05) is 0 Å². The molecule has 0 fully saturated rings. The largest absolute Gasteiger partial charge is 0.487 e. The fourth-order valence-electron chi connectivity index (χ4n) is 1.61. The summed E-state index contributed by atoms with van der Waals surface area (Å²) in [6, 6.07) is 9.72. The summed E-state index contributed by atoms with van der Waals surface area (Å²) in [5.41, 5.74) is 1.29. The predicted molar refractivity (Wildman–Crippen MR) is 73.3 cm³/mol. The average molecular weight is 287 g/mol. The Kier molecular flexibility index (Phi) is 4.50. The second-order valence-electron chi connectivity index (χ2n) is 4.16. The molecule has 1 N–H and O–H groups in total. The van der Waals surface area contributed by atoms with E-state index in [-0.39, 0.29) is 12.3 Å². The zero-order valence-corrected chi connectivity index (χ0v) is 11.3. The Morgan fingerprint density at radius 3 is 2.38 bits per heavy atom. The lowest BCUT2D eigenvalue weighted by molar-refractivity contribution is 0.0599. The van der Waals surface area contributed by atoms with Gasteiger partial charge >= 0.3 is 11.9 Å². The van der Waals surface area contributed by atoms with Crippen molar-refractivity contribution in [2.24, 2.45) is 0 Å². The molecule has 0 atom stereocenters. The number of aromatic carboxylic acids is 1. The zero-order chi connectivity index (χ0) is 15.2. The highest BCUT2D eigenvalue weighted by Crippen LogP contribution is 2.13. The summed E-state index contributed by atoms with van der Waals surface area (Å²) in [5.74, 6) is -1.01. The number of carbonyl (C=O) groups is 2. The monoisotopic (exact) mass is 287 g/mol. The van der Waals surface area contributed by atoms with Crippen molar-refractivity contribution in [3.05, 3.63) is 59.4 Å². The molecule has 1 heterocycles. The minimum atomic E-state index is -1.08. The van der Waals surface area contributed by atoms with Crippen LogP contribution in [-0.4, -0.2) is 29.1 Å². The van der Waals surface area contributed by atoms with Gasteiger partial charge in [-0.3, -0.25) is 0 Å². The minimum Gasteiger partial charge on any atom is -0.487 e. The maximum atomic E-state index is 11.3. The Labute approximate surface area is 121 Å². The predicted octanol–water partition coefficient (Wildman–Crippen LogP) is 2.15. The van der Waals surface area contributed by atoms with Crippen LogP contribution >= 0.6 is 0 Å². The molecule has 0 unspecified atom stereocenters. The third kappa shape index (κ3) is 3.79. The first-order valence-corrected chi connectivity index (χ1v) is 6.09. The van der Waals surface area contributed by atoms with E-state index < -0.39 is 11.9 Å². The lowest BCUT2D eigenvalue weighted by Crippen LogP contribution is -2.02. The molecule has 0 amide bonds. The Hall–Kier alpha value is -2.89. The van der Waals surface area contributed by atoms with Gasteiger partial charge in [-0.05, 0) is 29.8 Å². The highest BCUT2D eigenvalue weighted by Gasteiger charge is 2.06. The smallest absolute Gasteiger partial charge is 0.354 e. The van der Waals surface area contributed by atoms with Gasteiger partial charge in [-0.15, -0.1) is 0 Å². The van der Waals surface area contributed by atoms with Crippen molar-refractivity contribution in [1.29, 1.82) is 0 Å². The van der Waals surface area contributed by atoms with E-state index in [2.05, 4.69) is 9.72 Å².